The van der Waals surface area contributed by atoms with Gasteiger partial charge in [0.15, 0.2) is 0 Å². The Balaban J connectivity index is 2.12. The second-order valence-electron chi connectivity index (χ2n) is 5.52. The van der Waals surface area contributed by atoms with E-state index in [1.807, 2.05) is 0 Å². The molecule has 0 radical (unpaired) electrons. The van der Waals surface area contributed by atoms with Crippen molar-refractivity contribution in [2.75, 3.05) is 26.7 Å². The van der Waals surface area contributed by atoms with E-state index in [1.165, 1.54) is 32.5 Å². The second kappa shape index (κ2) is 3.25. The summed E-state index contributed by atoms with van der Waals surface area (Å²) in [6.07, 6.45) is 2.79. The fourth-order valence-electron chi connectivity index (χ4n) is 3.33. The summed E-state index contributed by atoms with van der Waals surface area (Å²) in [5.74, 6) is 0.891. The first kappa shape index (κ1) is 9.47. The number of hydrogen-bond donors (Lipinski definition) is 1. The zero-order chi connectivity index (χ0) is 9.47. The maximum atomic E-state index is 3.71. The predicted molar refractivity (Wildman–Crippen MR) is 55.8 cm³/mol. The maximum Gasteiger partial charge on any atom is 0.0171 e. The molecular formula is C11H22N2. The highest BCUT2D eigenvalue weighted by molar-refractivity contribution is 4.97. The average Bonchev–Trinajstić information content (AvgIpc) is 2.02. The molecule has 13 heavy (non-hydrogen) atoms. The van der Waals surface area contributed by atoms with E-state index in [-0.39, 0.29) is 0 Å². The molecule has 2 atom stereocenters. The highest BCUT2D eigenvalue weighted by Gasteiger charge is 2.41. The van der Waals surface area contributed by atoms with Crippen LogP contribution < -0.4 is 5.32 Å². The third-order valence-electron chi connectivity index (χ3n) is 3.65. The number of likely N-dealkylation sites (tertiary alicyclic amines) is 1. The molecule has 76 valence electrons. The van der Waals surface area contributed by atoms with Gasteiger partial charge in [-0.3, -0.25) is 0 Å². The van der Waals surface area contributed by atoms with Gasteiger partial charge in [-0.1, -0.05) is 13.8 Å². The van der Waals surface area contributed by atoms with Crippen molar-refractivity contribution in [1.29, 1.82) is 0 Å². The molecule has 0 bridgehead atoms. The predicted octanol–water partition coefficient (Wildman–Crippen LogP) is 1.33. The Morgan fingerprint density at radius 3 is 2.92 bits per heavy atom. The van der Waals surface area contributed by atoms with E-state index in [2.05, 4.69) is 31.1 Å². The van der Waals surface area contributed by atoms with Crippen LogP contribution in [0.3, 0.4) is 0 Å². The van der Waals surface area contributed by atoms with Crippen molar-refractivity contribution in [2.45, 2.75) is 32.7 Å². The molecule has 0 aromatic carbocycles. The van der Waals surface area contributed by atoms with Gasteiger partial charge >= 0.3 is 0 Å². The smallest absolute Gasteiger partial charge is 0.0171 e. The zero-order valence-electron chi connectivity index (χ0n) is 9.14. The van der Waals surface area contributed by atoms with Crippen LogP contribution in [0.15, 0.2) is 0 Å². The lowest BCUT2D eigenvalue weighted by Crippen LogP contribution is -2.60. The first-order valence-corrected chi connectivity index (χ1v) is 5.51. The number of rotatable bonds is 0. The summed E-state index contributed by atoms with van der Waals surface area (Å²) in [6.45, 7) is 8.56. The summed E-state index contributed by atoms with van der Waals surface area (Å²) in [7, 11) is 2.26. The Bertz CT molecular complexity index is 189. The number of hydrogen-bond acceptors (Lipinski definition) is 2. The van der Waals surface area contributed by atoms with Gasteiger partial charge in [0.1, 0.15) is 0 Å². The zero-order valence-corrected chi connectivity index (χ0v) is 9.14. The van der Waals surface area contributed by atoms with Gasteiger partial charge in [-0.05, 0) is 37.8 Å². The van der Waals surface area contributed by atoms with Crippen LogP contribution in [0.5, 0.6) is 0 Å². The summed E-state index contributed by atoms with van der Waals surface area (Å²) in [5, 5.41) is 3.71. The number of nitrogens with zero attached hydrogens (tertiary/aromatic N) is 1. The van der Waals surface area contributed by atoms with Crippen molar-refractivity contribution in [3.8, 4) is 0 Å². The van der Waals surface area contributed by atoms with Gasteiger partial charge in [0.2, 0.25) is 0 Å². The van der Waals surface area contributed by atoms with E-state index >= 15 is 0 Å². The SMILES string of the molecule is CN1CC2CCCNC2C(C)(C)C1. The first-order valence-electron chi connectivity index (χ1n) is 5.51. The van der Waals surface area contributed by atoms with E-state index < -0.39 is 0 Å². The van der Waals surface area contributed by atoms with Crippen molar-refractivity contribution >= 4 is 0 Å². The third-order valence-corrected chi connectivity index (χ3v) is 3.65. The number of nitrogens with one attached hydrogen (secondary N) is 1. The Hall–Kier alpha value is -0.0800. The topological polar surface area (TPSA) is 15.3 Å². The molecule has 0 amide bonds. The Morgan fingerprint density at radius 1 is 1.38 bits per heavy atom. The number of fused-ring (bicyclic) bond motifs is 1. The van der Waals surface area contributed by atoms with E-state index in [0.29, 0.717) is 5.41 Å². The molecule has 2 aliphatic rings. The molecule has 2 heterocycles. The molecule has 0 aliphatic carbocycles. The molecule has 2 saturated heterocycles. The fourth-order valence-corrected chi connectivity index (χ4v) is 3.33. The van der Waals surface area contributed by atoms with Crippen molar-refractivity contribution in [3.63, 3.8) is 0 Å². The summed E-state index contributed by atoms with van der Waals surface area (Å²) >= 11 is 0. The Kier molecular flexibility index (Phi) is 2.37. The van der Waals surface area contributed by atoms with Gasteiger partial charge in [-0.2, -0.15) is 0 Å². The third kappa shape index (κ3) is 1.75. The van der Waals surface area contributed by atoms with Crippen LogP contribution in [-0.2, 0) is 0 Å². The molecule has 2 fully saturated rings. The van der Waals surface area contributed by atoms with Crippen LogP contribution in [0.25, 0.3) is 0 Å². The lowest BCUT2D eigenvalue weighted by atomic mass is 9.71. The molecule has 0 aromatic heterocycles. The van der Waals surface area contributed by atoms with Crippen LogP contribution in [0, 0.1) is 11.3 Å². The largest absolute Gasteiger partial charge is 0.313 e. The molecular weight excluding hydrogens is 160 g/mol. The van der Waals surface area contributed by atoms with Gasteiger partial charge < -0.3 is 10.2 Å². The molecule has 2 rings (SSSR count). The summed E-state index contributed by atoms with van der Waals surface area (Å²) in [5.41, 5.74) is 0.456. The minimum Gasteiger partial charge on any atom is -0.313 e. The van der Waals surface area contributed by atoms with E-state index in [4.69, 9.17) is 0 Å². The van der Waals surface area contributed by atoms with Crippen LogP contribution in [0.4, 0.5) is 0 Å². The van der Waals surface area contributed by atoms with Crippen LogP contribution >= 0.6 is 0 Å². The van der Waals surface area contributed by atoms with Crippen molar-refractivity contribution < 1.29 is 0 Å². The minimum atomic E-state index is 0.456. The van der Waals surface area contributed by atoms with E-state index in [1.54, 1.807) is 0 Å². The van der Waals surface area contributed by atoms with Gasteiger partial charge in [-0.25, -0.2) is 0 Å². The molecule has 2 nitrogen and oxygen atoms in total. The van der Waals surface area contributed by atoms with Gasteiger partial charge in [0, 0.05) is 19.1 Å². The second-order valence-corrected chi connectivity index (χ2v) is 5.52. The van der Waals surface area contributed by atoms with Crippen LogP contribution in [-0.4, -0.2) is 37.6 Å². The summed E-state index contributed by atoms with van der Waals surface area (Å²) in [6, 6.07) is 0.762. The number of piperidine rings is 2. The van der Waals surface area contributed by atoms with Gasteiger partial charge in [-0.15, -0.1) is 0 Å². The fraction of sp³-hybridized carbons (Fsp3) is 1.00. The standard InChI is InChI=1S/C11H22N2/c1-11(2)8-13(3)7-9-5-4-6-12-10(9)11/h9-10,12H,4-8H2,1-3H3. The van der Waals surface area contributed by atoms with Gasteiger partial charge in [0.25, 0.3) is 0 Å². The highest BCUT2D eigenvalue weighted by Crippen LogP contribution is 2.35. The lowest BCUT2D eigenvalue weighted by Gasteiger charge is -2.50. The molecule has 2 unspecified atom stereocenters. The van der Waals surface area contributed by atoms with Crippen molar-refractivity contribution in [1.82, 2.24) is 10.2 Å². The van der Waals surface area contributed by atoms with E-state index in [0.717, 1.165) is 12.0 Å². The van der Waals surface area contributed by atoms with Gasteiger partial charge in [0.05, 0.1) is 0 Å². The minimum absolute atomic E-state index is 0.456. The van der Waals surface area contributed by atoms with Crippen LogP contribution in [0.1, 0.15) is 26.7 Å². The maximum absolute atomic E-state index is 3.71. The molecule has 0 aromatic rings. The normalized spacial score (nSPS) is 39.9. The highest BCUT2D eigenvalue weighted by atomic mass is 15.1. The van der Waals surface area contributed by atoms with Crippen molar-refractivity contribution in [2.24, 2.45) is 11.3 Å². The Labute approximate surface area is 81.7 Å². The average molecular weight is 182 g/mol. The van der Waals surface area contributed by atoms with E-state index in [9.17, 15) is 0 Å². The molecule has 0 spiro atoms. The monoisotopic (exact) mass is 182 g/mol. The molecule has 0 saturated carbocycles. The Morgan fingerprint density at radius 2 is 2.15 bits per heavy atom. The lowest BCUT2D eigenvalue weighted by molar-refractivity contribution is 0.0282. The summed E-state index contributed by atoms with van der Waals surface area (Å²) in [4.78, 5) is 2.49. The van der Waals surface area contributed by atoms with Crippen LogP contribution in [0.2, 0.25) is 0 Å². The molecule has 2 heteroatoms. The summed E-state index contributed by atoms with van der Waals surface area (Å²) < 4.78 is 0. The van der Waals surface area contributed by atoms with Crippen molar-refractivity contribution in [3.05, 3.63) is 0 Å². The molecule has 2 aliphatic heterocycles. The quantitative estimate of drug-likeness (QED) is 0.608. The molecule has 1 N–H and O–H groups in total. The first-order chi connectivity index (χ1) is 6.09.